The number of hydrogen-bond acceptors (Lipinski definition) is 4. The van der Waals surface area contributed by atoms with Crippen molar-refractivity contribution in [3.05, 3.63) is 54.5 Å². The average molecular weight is 371 g/mol. The van der Waals surface area contributed by atoms with Gasteiger partial charge in [-0.3, -0.25) is 9.79 Å². The van der Waals surface area contributed by atoms with Gasteiger partial charge in [-0.1, -0.05) is 6.07 Å². The van der Waals surface area contributed by atoms with Gasteiger partial charge in [-0.25, -0.2) is 9.37 Å². The molecule has 0 aliphatic carbocycles. The van der Waals surface area contributed by atoms with Gasteiger partial charge in [0, 0.05) is 38.0 Å². The van der Waals surface area contributed by atoms with Crippen LogP contribution in [-0.4, -0.2) is 54.5 Å². The van der Waals surface area contributed by atoms with Crippen LogP contribution in [0.25, 0.3) is 0 Å². The minimum atomic E-state index is -0.344. The molecule has 27 heavy (non-hydrogen) atoms. The number of likely N-dealkylation sites (tertiary alicyclic amines) is 1. The van der Waals surface area contributed by atoms with E-state index in [0.717, 1.165) is 13.0 Å². The Morgan fingerprint density at radius 3 is 2.85 bits per heavy atom. The van der Waals surface area contributed by atoms with Gasteiger partial charge in [0.15, 0.2) is 5.96 Å². The summed E-state index contributed by atoms with van der Waals surface area (Å²) in [5, 5.41) is 5.75. The first kappa shape index (κ1) is 18.6. The topological polar surface area (TPSA) is 78.9 Å². The molecule has 1 aliphatic rings. The molecule has 1 atom stereocenters. The molecule has 7 nitrogen and oxygen atoms in total. The van der Waals surface area contributed by atoms with Gasteiger partial charge < -0.3 is 20.3 Å². The molecule has 1 saturated heterocycles. The third kappa shape index (κ3) is 5.40. The third-order valence-electron chi connectivity index (χ3n) is 4.12. The number of nitrogens with zero attached hydrogens (tertiary/aromatic N) is 3. The lowest BCUT2D eigenvalue weighted by Gasteiger charge is -2.21. The van der Waals surface area contributed by atoms with Crippen molar-refractivity contribution in [2.24, 2.45) is 4.99 Å². The van der Waals surface area contributed by atoms with E-state index in [-0.39, 0.29) is 24.4 Å². The molecule has 1 fully saturated rings. The van der Waals surface area contributed by atoms with Gasteiger partial charge in [-0.2, -0.15) is 0 Å². The number of nitrogens with one attached hydrogen (secondary N) is 2. The Balaban J connectivity index is 1.46. The number of benzene rings is 1. The zero-order chi connectivity index (χ0) is 19.1. The predicted octanol–water partition coefficient (Wildman–Crippen LogP) is 1.89. The highest BCUT2D eigenvalue weighted by atomic mass is 19.1. The van der Waals surface area contributed by atoms with Gasteiger partial charge in [0.1, 0.15) is 11.9 Å². The Labute approximate surface area is 157 Å². The third-order valence-corrected chi connectivity index (χ3v) is 4.12. The quantitative estimate of drug-likeness (QED) is 0.620. The van der Waals surface area contributed by atoms with E-state index in [2.05, 4.69) is 20.6 Å². The van der Waals surface area contributed by atoms with Gasteiger partial charge in [-0.05, 0) is 30.3 Å². The number of pyridine rings is 1. The van der Waals surface area contributed by atoms with Crippen LogP contribution in [0.1, 0.15) is 6.42 Å². The molecule has 0 bridgehead atoms. The van der Waals surface area contributed by atoms with Gasteiger partial charge >= 0.3 is 0 Å². The van der Waals surface area contributed by atoms with E-state index in [9.17, 15) is 9.18 Å². The Hall–Kier alpha value is -3.16. The van der Waals surface area contributed by atoms with Crippen LogP contribution in [0.15, 0.2) is 53.7 Å². The average Bonchev–Trinajstić information content (AvgIpc) is 3.13. The summed E-state index contributed by atoms with van der Waals surface area (Å²) in [6.07, 6.45) is 2.56. The van der Waals surface area contributed by atoms with E-state index in [0.29, 0.717) is 24.1 Å². The molecule has 1 aromatic heterocycles. The van der Waals surface area contributed by atoms with E-state index < -0.39 is 0 Å². The Morgan fingerprint density at radius 1 is 1.33 bits per heavy atom. The number of rotatable bonds is 5. The summed E-state index contributed by atoms with van der Waals surface area (Å²) in [6.45, 7) is 1.50. The molecule has 3 rings (SSSR count). The molecule has 2 heterocycles. The zero-order valence-corrected chi connectivity index (χ0v) is 15.1. The summed E-state index contributed by atoms with van der Waals surface area (Å²) in [6, 6.07) is 11.2. The van der Waals surface area contributed by atoms with Crippen molar-refractivity contribution >= 4 is 17.6 Å². The molecular weight excluding hydrogens is 349 g/mol. The van der Waals surface area contributed by atoms with Crippen LogP contribution in [0.5, 0.6) is 5.88 Å². The van der Waals surface area contributed by atoms with Crippen molar-refractivity contribution < 1.29 is 13.9 Å². The van der Waals surface area contributed by atoms with E-state index in [4.69, 9.17) is 4.74 Å². The Morgan fingerprint density at radius 2 is 2.15 bits per heavy atom. The number of guanidine groups is 1. The highest BCUT2D eigenvalue weighted by Gasteiger charge is 2.26. The number of amides is 1. The van der Waals surface area contributed by atoms with Crippen LogP contribution < -0.4 is 15.4 Å². The van der Waals surface area contributed by atoms with Crippen LogP contribution in [0.2, 0.25) is 0 Å². The van der Waals surface area contributed by atoms with Crippen LogP contribution in [0, 0.1) is 5.82 Å². The SMILES string of the molecule is CN=C(NCC(=O)Nc1ccc(F)cc1)N1CCC(Oc2ccccn2)C1. The second-order valence-electron chi connectivity index (χ2n) is 6.10. The fourth-order valence-electron chi connectivity index (χ4n) is 2.83. The molecule has 2 N–H and O–H groups in total. The van der Waals surface area contributed by atoms with Crippen molar-refractivity contribution in [3.8, 4) is 5.88 Å². The van der Waals surface area contributed by atoms with Gasteiger partial charge in [0.05, 0.1) is 13.1 Å². The molecule has 1 aromatic carbocycles. The standard InChI is InChI=1S/C19H22FN5O2/c1-21-19(23-12-17(26)24-15-7-5-14(20)6-8-15)25-11-9-16(13-25)27-18-4-2-3-10-22-18/h2-8,10,16H,9,11-13H2,1H3,(H,21,23)(H,24,26). The molecule has 0 saturated carbocycles. The molecule has 8 heteroatoms. The van der Waals surface area contributed by atoms with Crippen molar-refractivity contribution in [2.45, 2.75) is 12.5 Å². The Kier molecular flexibility index (Phi) is 6.19. The smallest absolute Gasteiger partial charge is 0.243 e. The molecule has 0 radical (unpaired) electrons. The zero-order valence-electron chi connectivity index (χ0n) is 15.1. The number of aromatic nitrogens is 1. The van der Waals surface area contributed by atoms with Crippen molar-refractivity contribution in [3.63, 3.8) is 0 Å². The minimum absolute atomic E-state index is 0.0199. The number of anilines is 1. The first-order chi connectivity index (χ1) is 13.1. The highest BCUT2D eigenvalue weighted by molar-refractivity contribution is 5.95. The number of aliphatic imine (C=N–C) groups is 1. The second kappa shape index (κ2) is 8.98. The van der Waals surface area contributed by atoms with Crippen LogP contribution >= 0.6 is 0 Å². The molecule has 0 spiro atoms. The maximum Gasteiger partial charge on any atom is 0.243 e. The number of halogens is 1. The van der Waals surface area contributed by atoms with Gasteiger partial charge in [0.2, 0.25) is 11.8 Å². The Bertz CT molecular complexity index is 782. The van der Waals surface area contributed by atoms with Crippen LogP contribution in [0.3, 0.4) is 0 Å². The van der Waals surface area contributed by atoms with Gasteiger partial charge in [-0.15, -0.1) is 0 Å². The molecule has 2 aromatic rings. The summed E-state index contributed by atoms with van der Waals surface area (Å²) >= 11 is 0. The maximum absolute atomic E-state index is 12.9. The van der Waals surface area contributed by atoms with Crippen molar-refractivity contribution in [2.75, 3.05) is 32.0 Å². The van der Waals surface area contributed by atoms with E-state index in [1.807, 2.05) is 23.1 Å². The largest absolute Gasteiger partial charge is 0.472 e. The molecule has 1 unspecified atom stereocenters. The number of carbonyl (C=O) groups is 1. The summed E-state index contributed by atoms with van der Waals surface area (Å²) < 4.78 is 18.8. The van der Waals surface area contributed by atoms with Gasteiger partial charge in [0.25, 0.3) is 0 Å². The fraction of sp³-hybridized carbons (Fsp3) is 0.316. The molecule has 1 amide bonds. The monoisotopic (exact) mass is 371 g/mol. The first-order valence-electron chi connectivity index (χ1n) is 8.73. The second-order valence-corrected chi connectivity index (χ2v) is 6.10. The number of carbonyl (C=O) groups excluding carboxylic acids is 1. The number of hydrogen-bond donors (Lipinski definition) is 2. The summed E-state index contributed by atoms with van der Waals surface area (Å²) in [5.74, 6) is 0.661. The first-order valence-corrected chi connectivity index (χ1v) is 8.73. The summed E-state index contributed by atoms with van der Waals surface area (Å²) in [5.41, 5.74) is 0.545. The summed E-state index contributed by atoms with van der Waals surface area (Å²) in [4.78, 5) is 22.5. The van der Waals surface area contributed by atoms with Crippen molar-refractivity contribution in [1.82, 2.24) is 15.2 Å². The fourth-order valence-corrected chi connectivity index (χ4v) is 2.83. The molecular formula is C19H22FN5O2. The van der Waals surface area contributed by atoms with E-state index in [1.54, 1.807) is 13.2 Å². The molecule has 1 aliphatic heterocycles. The lowest BCUT2D eigenvalue weighted by atomic mass is 10.3. The van der Waals surface area contributed by atoms with E-state index in [1.165, 1.54) is 24.3 Å². The molecule has 142 valence electrons. The maximum atomic E-state index is 12.9. The predicted molar refractivity (Wildman–Crippen MR) is 101 cm³/mol. The van der Waals surface area contributed by atoms with Crippen molar-refractivity contribution in [1.29, 1.82) is 0 Å². The van der Waals surface area contributed by atoms with E-state index >= 15 is 0 Å². The normalized spacial score (nSPS) is 16.9. The minimum Gasteiger partial charge on any atom is -0.472 e. The number of ether oxygens (including phenoxy) is 1. The van der Waals surface area contributed by atoms with Crippen LogP contribution in [-0.2, 0) is 4.79 Å². The van der Waals surface area contributed by atoms with Crippen LogP contribution in [0.4, 0.5) is 10.1 Å². The highest BCUT2D eigenvalue weighted by Crippen LogP contribution is 2.16. The lowest BCUT2D eigenvalue weighted by Crippen LogP contribution is -2.43. The lowest BCUT2D eigenvalue weighted by molar-refractivity contribution is -0.115. The summed E-state index contributed by atoms with van der Waals surface area (Å²) in [7, 11) is 1.67.